The fraction of sp³-hybridized carbons (Fsp3) is 0.312. The van der Waals surface area contributed by atoms with Crippen LogP contribution in [0.1, 0.15) is 32.8 Å². The molecule has 2 rings (SSSR count). The second-order valence-corrected chi connectivity index (χ2v) is 6.38. The Morgan fingerprint density at radius 3 is 2.86 bits per heavy atom. The Labute approximate surface area is 132 Å². The Balaban J connectivity index is 2.00. The highest BCUT2D eigenvalue weighted by Crippen LogP contribution is 2.19. The number of hydrogen-bond donors (Lipinski definition) is 1. The van der Waals surface area contributed by atoms with Crippen LogP contribution in [0.25, 0.3) is 0 Å². The number of aliphatic hydroxyl groups excluding tert-OH is 1. The lowest BCUT2D eigenvalue weighted by Crippen LogP contribution is -2.26. The summed E-state index contributed by atoms with van der Waals surface area (Å²) in [5.41, 5.74) is 2.88. The highest BCUT2D eigenvalue weighted by Gasteiger charge is 2.15. The van der Waals surface area contributed by atoms with Crippen LogP contribution in [0.5, 0.6) is 0 Å². The highest BCUT2D eigenvalue weighted by molar-refractivity contribution is 7.10. The van der Waals surface area contributed by atoms with Gasteiger partial charge in [-0.3, -0.25) is 4.79 Å². The van der Waals surface area contributed by atoms with E-state index in [9.17, 15) is 4.79 Å². The van der Waals surface area contributed by atoms with Gasteiger partial charge in [0.15, 0.2) is 0 Å². The van der Waals surface area contributed by atoms with Gasteiger partial charge in [0, 0.05) is 25.4 Å². The number of carbonyl (C=O) groups excluding carboxylic acids is 1. The monoisotopic (exact) mass is 319 g/mol. The molecule has 0 spiro atoms. The van der Waals surface area contributed by atoms with Crippen molar-refractivity contribution in [3.05, 3.63) is 43.8 Å². The number of thiophene rings is 2. The molecular formula is C16H17NO2S2. The lowest BCUT2D eigenvalue weighted by atomic mass is 10.2. The smallest absolute Gasteiger partial charge is 0.255 e. The van der Waals surface area contributed by atoms with Gasteiger partial charge in [0.25, 0.3) is 5.91 Å². The Morgan fingerprint density at radius 2 is 2.19 bits per heavy atom. The molecule has 0 radical (unpaired) electrons. The summed E-state index contributed by atoms with van der Waals surface area (Å²) in [4.78, 5) is 15.0. The van der Waals surface area contributed by atoms with Crippen molar-refractivity contribution in [2.24, 2.45) is 0 Å². The van der Waals surface area contributed by atoms with Gasteiger partial charge < -0.3 is 10.0 Å². The number of nitrogens with zero attached hydrogens (tertiary/aromatic N) is 1. The summed E-state index contributed by atoms with van der Waals surface area (Å²) in [5.74, 6) is 5.96. The maximum Gasteiger partial charge on any atom is 0.255 e. The standard InChI is InChI=1S/C16H17NO2S2/c1-12-9-20-11-15(12)16(19)17(2)8-13-7-14(21-10-13)5-3-4-6-18/h7,9-11,18H,4,6,8H2,1-2H3. The molecule has 2 heterocycles. The molecule has 2 aromatic rings. The first-order valence-corrected chi connectivity index (χ1v) is 8.39. The third kappa shape index (κ3) is 4.18. The summed E-state index contributed by atoms with van der Waals surface area (Å²) in [6, 6.07) is 2.00. The molecule has 0 saturated heterocycles. The topological polar surface area (TPSA) is 40.5 Å². The van der Waals surface area contributed by atoms with Crippen molar-refractivity contribution < 1.29 is 9.90 Å². The first-order chi connectivity index (χ1) is 10.1. The number of amides is 1. The molecule has 0 bridgehead atoms. The third-order valence-electron chi connectivity index (χ3n) is 2.95. The van der Waals surface area contributed by atoms with Crippen molar-refractivity contribution >= 4 is 28.6 Å². The first-order valence-electron chi connectivity index (χ1n) is 6.57. The van der Waals surface area contributed by atoms with Crippen molar-refractivity contribution in [2.75, 3.05) is 13.7 Å². The Hall–Kier alpha value is -1.61. The molecule has 2 aromatic heterocycles. The average molecular weight is 319 g/mol. The van der Waals surface area contributed by atoms with Gasteiger partial charge >= 0.3 is 0 Å². The molecule has 0 unspecified atom stereocenters. The summed E-state index contributed by atoms with van der Waals surface area (Å²) in [6.45, 7) is 2.62. The van der Waals surface area contributed by atoms with Crippen LogP contribution in [0.15, 0.2) is 22.2 Å². The van der Waals surface area contributed by atoms with Gasteiger partial charge in [-0.25, -0.2) is 0 Å². The SMILES string of the molecule is Cc1cscc1C(=O)N(C)Cc1csc(C#CCCO)c1. The van der Waals surface area contributed by atoms with Crippen LogP contribution in [-0.2, 0) is 6.54 Å². The molecule has 0 aliphatic heterocycles. The van der Waals surface area contributed by atoms with Gasteiger partial charge in [0.05, 0.1) is 17.0 Å². The van der Waals surface area contributed by atoms with E-state index < -0.39 is 0 Å². The van der Waals surface area contributed by atoms with Crippen LogP contribution >= 0.6 is 22.7 Å². The number of aryl methyl sites for hydroxylation is 1. The van der Waals surface area contributed by atoms with E-state index in [4.69, 9.17) is 5.11 Å². The fourth-order valence-corrected chi connectivity index (χ4v) is 3.45. The number of carbonyl (C=O) groups is 1. The van der Waals surface area contributed by atoms with E-state index in [1.54, 1.807) is 27.6 Å². The molecule has 21 heavy (non-hydrogen) atoms. The van der Waals surface area contributed by atoms with Crippen molar-refractivity contribution in [3.63, 3.8) is 0 Å². The minimum Gasteiger partial charge on any atom is -0.395 e. The average Bonchev–Trinajstić information content (AvgIpc) is 3.07. The third-order valence-corrected chi connectivity index (χ3v) is 4.71. The summed E-state index contributed by atoms with van der Waals surface area (Å²) in [5, 5.41) is 14.6. The molecular weight excluding hydrogens is 302 g/mol. The summed E-state index contributed by atoms with van der Waals surface area (Å²) in [6.07, 6.45) is 0.489. The molecule has 0 atom stereocenters. The largest absolute Gasteiger partial charge is 0.395 e. The van der Waals surface area contributed by atoms with Crippen LogP contribution < -0.4 is 0 Å². The summed E-state index contributed by atoms with van der Waals surface area (Å²) < 4.78 is 0. The molecule has 0 fully saturated rings. The molecule has 110 valence electrons. The lowest BCUT2D eigenvalue weighted by Gasteiger charge is -2.16. The maximum atomic E-state index is 12.3. The Bertz CT molecular complexity index is 676. The van der Waals surface area contributed by atoms with E-state index in [0.717, 1.165) is 21.6 Å². The van der Waals surface area contributed by atoms with E-state index in [-0.39, 0.29) is 12.5 Å². The first kappa shape index (κ1) is 15.8. The summed E-state index contributed by atoms with van der Waals surface area (Å²) >= 11 is 3.11. The molecule has 0 saturated carbocycles. The second kappa shape index (κ2) is 7.41. The molecule has 5 heteroatoms. The van der Waals surface area contributed by atoms with E-state index in [0.29, 0.717) is 13.0 Å². The van der Waals surface area contributed by atoms with Gasteiger partial charge in [0.2, 0.25) is 0 Å². The van der Waals surface area contributed by atoms with E-state index in [1.807, 2.05) is 36.2 Å². The van der Waals surface area contributed by atoms with Crippen LogP contribution in [-0.4, -0.2) is 29.6 Å². The predicted molar refractivity (Wildman–Crippen MR) is 87.8 cm³/mol. The molecule has 1 amide bonds. The van der Waals surface area contributed by atoms with Crippen LogP contribution in [0.2, 0.25) is 0 Å². The van der Waals surface area contributed by atoms with E-state index in [1.165, 1.54) is 0 Å². The lowest BCUT2D eigenvalue weighted by molar-refractivity contribution is 0.0785. The minimum atomic E-state index is 0.0489. The van der Waals surface area contributed by atoms with E-state index in [2.05, 4.69) is 11.8 Å². The van der Waals surface area contributed by atoms with Crippen molar-refractivity contribution in [3.8, 4) is 11.8 Å². The Morgan fingerprint density at radius 1 is 1.38 bits per heavy atom. The van der Waals surface area contributed by atoms with Crippen molar-refractivity contribution in [1.29, 1.82) is 0 Å². The molecule has 3 nitrogen and oxygen atoms in total. The summed E-state index contributed by atoms with van der Waals surface area (Å²) in [7, 11) is 1.81. The molecule has 0 aliphatic carbocycles. The zero-order chi connectivity index (χ0) is 15.2. The van der Waals surface area contributed by atoms with Crippen LogP contribution in [0.3, 0.4) is 0 Å². The zero-order valence-corrected chi connectivity index (χ0v) is 13.7. The molecule has 1 N–H and O–H groups in total. The minimum absolute atomic E-state index is 0.0489. The normalized spacial score (nSPS) is 10.0. The molecule has 0 aromatic carbocycles. The number of hydrogen-bond acceptors (Lipinski definition) is 4. The van der Waals surface area contributed by atoms with Gasteiger partial charge in [0.1, 0.15) is 0 Å². The van der Waals surface area contributed by atoms with Crippen molar-refractivity contribution in [1.82, 2.24) is 4.90 Å². The van der Waals surface area contributed by atoms with Gasteiger partial charge in [-0.15, -0.1) is 11.3 Å². The molecule has 0 aliphatic rings. The zero-order valence-electron chi connectivity index (χ0n) is 12.0. The second-order valence-electron chi connectivity index (χ2n) is 4.72. The van der Waals surface area contributed by atoms with Gasteiger partial charge in [-0.1, -0.05) is 11.8 Å². The van der Waals surface area contributed by atoms with E-state index >= 15 is 0 Å². The van der Waals surface area contributed by atoms with Crippen molar-refractivity contribution in [2.45, 2.75) is 19.9 Å². The van der Waals surface area contributed by atoms with Crippen LogP contribution in [0.4, 0.5) is 0 Å². The van der Waals surface area contributed by atoms with Gasteiger partial charge in [-0.2, -0.15) is 11.3 Å². The van der Waals surface area contributed by atoms with Crippen LogP contribution in [0, 0.1) is 18.8 Å². The van der Waals surface area contributed by atoms with Gasteiger partial charge in [-0.05, 0) is 34.9 Å². The fourth-order valence-electron chi connectivity index (χ4n) is 1.86. The number of aliphatic hydroxyl groups is 1. The predicted octanol–water partition coefficient (Wildman–Crippen LogP) is 3.12. The Kier molecular flexibility index (Phi) is 5.57. The maximum absolute atomic E-state index is 12.3. The highest BCUT2D eigenvalue weighted by atomic mass is 32.1. The number of rotatable bonds is 4. The quantitative estimate of drug-likeness (QED) is 0.880.